The van der Waals surface area contributed by atoms with Crippen molar-refractivity contribution in [1.29, 1.82) is 0 Å². The maximum absolute atomic E-state index is 10.5. The highest BCUT2D eigenvalue weighted by molar-refractivity contribution is 7.78. The Kier molecular flexibility index (Phi) is 1.61. The average Bonchev–Trinajstić information content (AvgIpc) is 1.80. The van der Waals surface area contributed by atoms with Gasteiger partial charge in [-0.2, -0.15) is 0 Å². The van der Waals surface area contributed by atoms with E-state index in [9.17, 15) is 9.59 Å². The molecule has 5 heteroatoms. The number of hydrogen-bond acceptors (Lipinski definition) is 3. The lowest BCUT2D eigenvalue weighted by atomic mass is 10.3. The molecule has 50 valence electrons. The number of hydrogen-bond donors (Lipinski definition) is 2. The quantitative estimate of drug-likeness (QED) is 0.464. The number of amides is 3. The third-order valence-electron chi connectivity index (χ3n) is 1.03. The first kappa shape index (κ1) is 6.41. The zero-order valence-corrected chi connectivity index (χ0v) is 5.52. The second-order valence-electron chi connectivity index (χ2n) is 1.73. The van der Waals surface area contributed by atoms with Gasteiger partial charge in [-0.3, -0.25) is 14.4 Å². The van der Waals surface area contributed by atoms with E-state index in [4.69, 9.17) is 0 Å². The van der Waals surface area contributed by atoms with Gasteiger partial charge in [0.2, 0.25) is 5.91 Å². The molecule has 9 heavy (non-hydrogen) atoms. The summed E-state index contributed by atoms with van der Waals surface area (Å²) in [4.78, 5) is 20.9. The minimum Gasteiger partial charge on any atom is -0.277 e. The van der Waals surface area contributed by atoms with E-state index in [1.165, 1.54) is 4.31 Å². The van der Waals surface area contributed by atoms with Crippen molar-refractivity contribution in [3.05, 3.63) is 0 Å². The number of thiol groups is 1. The van der Waals surface area contributed by atoms with E-state index in [2.05, 4.69) is 18.1 Å². The van der Waals surface area contributed by atoms with E-state index in [-0.39, 0.29) is 5.91 Å². The third kappa shape index (κ3) is 1.35. The molecular weight excluding hydrogens is 140 g/mol. The van der Waals surface area contributed by atoms with Crippen molar-refractivity contribution in [1.82, 2.24) is 9.62 Å². The van der Waals surface area contributed by atoms with Gasteiger partial charge in [0, 0.05) is 13.0 Å². The maximum Gasteiger partial charge on any atom is 0.333 e. The molecule has 1 N–H and O–H groups in total. The molecular formula is C4H6N2O2S. The van der Waals surface area contributed by atoms with Crippen LogP contribution in [-0.4, -0.2) is 22.8 Å². The van der Waals surface area contributed by atoms with Crippen LogP contribution in [0.15, 0.2) is 0 Å². The van der Waals surface area contributed by atoms with Gasteiger partial charge in [-0.05, 0) is 0 Å². The summed E-state index contributed by atoms with van der Waals surface area (Å²) >= 11 is 3.77. The summed E-state index contributed by atoms with van der Waals surface area (Å²) < 4.78 is 1.17. The Morgan fingerprint density at radius 2 is 2.22 bits per heavy atom. The van der Waals surface area contributed by atoms with Crippen molar-refractivity contribution in [2.45, 2.75) is 6.42 Å². The standard InChI is InChI=1S/C4H6N2O2S/c7-3-1-2-6(9)4(8)5-3/h9H,1-2H2,(H,5,7,8). The number of nitrogens with zero attached hydrogens (tertiary/aromatic N) is 1. The van der Waals surface area contributed by atoms with Crippen LogP contribution in [0, 0.1) is 0 Å². The summed E-state index contributed by atoms with van der Waals surface area (Å²) in [7, 11) is 0. The molecule has 0 unspecified atom stereocenters. The molecule has 1 saturated heterocycles. The van der Waals surface area contributed by atoms with Crippen LogP contribution >= 0.6 is 12.8 Å². The van der Waals surface area contributed by atoms with Crippen molar-refractivity contribution >= 4 is 24.8 Å². The predicted molar refractivity (Wildman–Crippen MR) is 33.8 cm³/mol. The minimum absolute atomic E-state index is 0.231. The molecule has 0 aromatic rings. The summed E-state index contributed by atoms with van der Waals surface area (Å²) in [6.07, 6.45) is 0.342. The molecule has 4 nitrogen and oxygen atoms in total. The molecule has 1 heterocycles. The SMILES string of the molecule is O=C1CCN(S)C(=O)N1. The lowest BCUT2D eigenvalue weighted by Crippen LogP contribution is -2.44. The first-order valence-corrected chi connectivity index (χ1v) is 2.90. The molecule has 0 saturated carbocycles. The van der Waals surface area contributed by atoms with E-state index in [1.54, 1.807) is 0 Å². The molecule has 0 spiro atoms. The van der Waals surface area contributed by atoms with Gasteiger partial charge in [-0.15, -0.1) is 0 Å². The number of imide groups is 1. The van der Waals surface area contributed by atoms with Crippen LogP contribution in [0.1, 0.15) is 6.42 Å². The third-order valence-corrected chi connectivity index (χ3v) is 1.41. The summed E-state index contributed by atoms with van der Waals surface area (Å²) in [6, 6.07) is -0.436. The Bertz CT molecular complexity index is 159. The van der Waals surface area contributed by atoms with Crippen LogP contribution in [0.25, 0.3) is 0 Å². The molecule has 1 aliphatic heterocycles. The molecule has 1 aliphatic rings. The average molecular weight is 146 g/mol. The highest BCUT2D eigenvalue weighted by atomic mass is 32.1. The summed E-state index contributed by atoms with van der Waals surface area (Å²) in [5.41, 5.74) is 0. The van der Waals surface area contributed by atoms with Gasteiger partial charge in [-0.25, -0.2) is 4.79 Å². The lowest BCUT2D eigenvalue weighted by Gasteiger charge is -2.19. The van der Waals surface area contributed by atoms with Crippen LogP contribution in [0.4, 0.5) is 4.79 Å². The molecule has 0 aromatic heterocycles. The van der Waals surface area contributed by atoms with E-state index < -0.39 is 6.03 Å². The van der Waals surface area contributed by atoms with Crippen molar-refractivity contribution in [2.24, 2.45) is 0 Å². The largest absolute Gasteiger partial charge is 0.333 e. The van der Waals surface area contributed by atoms with E-state index >= 15 is 0 Å². The molecule has 3 amide bonds. The normalized spacial score (nSPS) is 19.9. The van der Waals surface area contributed by atoms with Crippen LogP contribution in [0.2, 0.25) is 0 Å². The minimum atomic E-state index is -0.436. The highest BCUT2D eigenvalue weighted by Gasteiger charge is 2.19. The van der Waals surface area contributed by atoms with Crippen molar-refractivity contribution in [3.8, 4) is 0 Å². The topological polar surface area (TPSA) is 49.4 Å². The summed E-state index contributed by atoms with van der Waals surface area (Å²) in [6.45, 7) is 0.397. The van der Waals surface area contributed by atoms with E-state index in [0.29, 0.717) is 13.0 Å². The van der Waals surface area contributed by atoms with Crippen LogP contribution in [0.5, 0.6) is 0 Å². The molecule has 1 rings (SSSR count). The van der Waals surface area contributed by atoms with Gasteiger partial charge in [-0.1, -0.05) is 12.8 Å². The number of carbonyl (C=O) groups is 2. The molecule has 0 aromatic carbocycles. The predicted octanol–water partition coefficient (Wildman–Crippen LogP) is -0.227. The van der Waals surface area contributed by atoms with Crippen molar-refractivity contribution in [3.63, 3.8) is 0 Å². The van der Waals surface area contributed by atoms with E-state index in [1.807, 2.05) is 0 Å². The zero-order valence-electron chi connectivity index (χ0n) is 4.63. The van der Waals surface area contributed by atoms with Gasteiger partial charge < -0.3 is 0 Å². The number of urea groups is 1. The highest BCUT2D eigenvalue weighted by Crippen LogP contribution is 2.01. The molecule has 0 atom stereocenters. The fourth-order valence-electron chi connectivity index (χ4n) is 0.555. The zero-order chi connectivity index (χ0) is 6.85. The lowest BCUT2D eigenvalue weighted by molar-refractivity contribution is -0.120. The fourth-order valence-corrected chi connectivity index (χ4v) is 0.705. The maximum atomic E-state index is 10.5. The van der Waals surface area contributed by atoms with E-state index in [0.717, 1.165) is 0 Å². The first-order valence-electron chi connectivity index (χ1n) is 2.50. The monoisotopic (exact) mass is 146 g/mol. The van der Waals surface area contributed by atoms with Gasteiger partial charge in [0.1, 0.15) is 0 Å². The fraction of sp³-hybridized carbons (Fsp3) is 0.500. The summed E-state index contributed by atoms with van der Waals surface area (Å²) in [5, 5.41) is 2.10. The van der Waals surface area contributed by atoms with Gasteiger partial charge in [0.15, 0.2) is 0 Å². The second kappa shape index (κ2) is 2.26. The number of rotatable bonds is 0. The van der Waals surface area contributed by atoms with Gasteiger partial charge in [0.25, 0.3) is 0 Å². The molecule has 1 fully saturated rings. The van der Waals surface area contributed by atoms with Crippen LogP contribution in [0.3, 0.4) is 0 Å². The van der Waals surface area contributed by atoms with Crippen LogP contribution in [-0.2, 0) is 4.79 Å². The smallest absolute Gasteiger partial charge is 0.277 e. The van der Waals surface area contributed by atoms with Crippen molar-refractivity contribution < 1.29 is 9.59 Å². The Morgan fingerprint density at radius 3 is 2.67 bits per heavy atom. The Hall–Kier alpha value is -0.710. The van der Waals surface area contributed by atoms with Gasteiger partial charge in [0.05, 0.1) is 0 Å². The number of nitrogens with one attached hydrogen (secondary N) is 1. The summed E-state index contributed by atoms with van der Waals surface area (Å²) in [5.74, 6) is -0.231. The first-order chi connectivity index (χ1) is 4.20. The number of carbonyl (C=O) groups excluding carboxylic acids is 2. The molecule has 0 bridgehead atoms. The molecule has 0 aliphatic carbocycles. The molecule has 0 radical (unpaired) electrons. The van der Waals surface area contributed by atoms with Gasteiger partial charge >= 0.3 is 6.03 Å². The second-order valence-corrected chi connectivity index (χ2v) is 2.21. The Balaban J connectivity index is 2.54. The van der Waals surface area contributed by atoms with Crippen molar-refractivity contribution in [2.75, 3.05) is 6.54 Å². The Labute approximate surface area is 57.8 Å². The van der Waals surface area contributed by atoms with Crippen LogP contribution < -0.4 is 5.32 Å². The Morgan fingerprint density at radius 1 is 1.56 bits per heavy atom.